The monoisotopic (exact) mass is 299 g/mol. The topological polar surface area (TPSA) is 79.4 Å². The predicted octanol–water partition coefficient (Wildman–Crippen LogP) is 3.28. The number of hydrogen-bond acceptors (Lipinski definition) is 3. The van der Waals surface area contributed by atoms with E-state index in [1.54, 1.807) is 7.05 Å². The average molecular weight is 299 g/mol. The number of unbranched alkanes of at least 4 members (excludes halogenated alkanes) is 9. The molecule has 0 aromatic rings. The fourth-order valence-corrected chi connectivity index (χ4v) is 2.10. The van der Waals surface area contributed by atoms with Crippen molar-refractivity contribution in [3.8, 4) is 0 Å². The Morgan fingerprint density at radius 3 is 1.95 bits per heavy atom. The van der Waals surface area contributed by atoms with Gasteiger partial charge in [-0.2, -0.15) is 0 Å². The van der Waals surface area contributed by atoms with E-state index in [0.717, 1.165) is 12.8 Å². The van der Waals surface area contributed by atoms with Gasteiger partial charge in [-0.3, -0.25) is 10.2 Å². The third-order valence-corrected chi connectivity index (χ3v) is 3.54. The second-order valence-electron chi connectivity index (χ2n) is 5.64. The van der Waals surface area contributed by atoms with Gasteiger partial charge in [0.1, 0.15) is 6.54 Å². The zero-order valence-corrected chi connectivity index (χ0v) is 13.8. The molecule has 124 valence electrons. The van der Waals surface area contributed by atoms with Gasteiger partial charge >= 0.3 is 5.97 Å². The minimum absolute atomic E-state index is 0.0487. The van der Waals surface area contributed by atoms with Crippen LogP contribution in [0.4, 0.5) is 0 Å². The summed E-state index contributed by atoms with van der Waals surface area (Å²) < 4.78 is 5.10. The quantitative estimate of drug-likeness (QED) is 0.237. The molecule has 0 saturated carbocycles. The number of likely N-dealkylation sites (N-methyl/N-ethyl adjacent to an activating group) is 1. The lowest BCUT2D eigenvalue weighted by molar-refractivity contribution is -0.143. The molecule has 0 bridgehead atoms. The second-order valence-corrected chi connectivity index (χ2v) is 5.64. The normalized spacial score (nSPS) is 10.4. The maximum atomic E-state index is 11.4. The minimum atomic E-state index is -0.316. The molecule has 5 nitrogen and oxygen atoms in total. The van der Waals surface area contributed by atoms with Crippen molar-refractivity contribution in [1.82, 2.24) is 4.90 Å². The smallest absolute Gasteiger partial charge is 0.325 e. The van der Waals surface area contributed by atoms with Crippen molar-refractivity contribution < 1.29 is 9.53 Å². The zero-order chi connectivity index (χ0) is 15.9. The first kappa shape index (κ1) is 19.7. The van der Waals surface area contributed by atoms with Crippen LogP contribution in [-0.2, 0) is 9.53 Å². The SMILES string of the molecule is CCCCCCCCCCCCOC(=O)CN(C)C(=N)N. The molecule has 0 aliphatic rings. The molecule has 3 N–H and O–H groups in total. The fraction of sp³-hybridized carbons (Fsp3) is 0.875. The Balaban J connectivity index is 3.25. The highest BCUT2D eigenvalue weighted by Crippen LogP contribution is 2.10. The summed E-state index contributed by atoms with van der Waals surface area (Å²) in [7, 11) is 1.60. The number of esters is 1. The summed E-state index contributed by atoms with van der Waals surface area (Å²) in [6.07, 6.45) is 12.6. The Morgan fingerprint density at radius 2 is 1.48 bits per heavy atom. The first-order valence-electron chi connectivity index (χ1n) is 8.28. The van der Waals surface area contributed by atoms with Crippen molar-refractivity contribution in [2.24, 2.45) is 5.73 Å². The van der Waals surface area contributed by atoms with Gasteiger partial charge < -0.3 is 15.4 Å². The number of rotatable bonds is 13. The van der Waals surface area contributed by atoms with Crippen LogP contribution >= 0.6 is 0 Å². The lowest BCUT2D eigenvalue weighted by Gasteiger charge is -2.15. The number of nitrogens with one attached hydrogen (secondary N) is 1. The van der Waals surface area contributed by atoms with Gasteiger partial charge in [0.25, 0.3) is 0 Å². The van der Waals surface area contributed by atoms with Gasteiger partial charge in [-0.05, 0) is 6.42 Å². The lowest BCUT2D eigenvalue weighted by Crippen LogP contribution is -2.37. The highest BCUT2D eigenvalue weighted by atomic mass is 16.5. The highest BCUT2D eigenvalue weighted by molar-refractivity contribution is 5.80. The van der Waals surface area contributed by atoms with Crippen molar-refractivity contribution in [3.63, 3.8) is 0 Å². The molecule has 21 heavy (non-hydrogen) atoms. The number of nitrogens with zero attached hydrogens (tertiary/aromatic N) is 1. The van der Waals surface area contributed by atoms with Crippen LogP contribution in [-0.4, -0.2) is 37.0 Å². The molecular formula is C16H33N3O2. The lowest BCUT2D eigenvalue weighted by atomic mass is 10.1. The third kappa shape index (κ3) is 13.5. The molecule has 0 fully saturated rings. The largest absolute Gasteiger partial charge is 0.464 e. The van der Waals surface area contributed by atoms with Crippen LogP contribution in [0, 0.1) is 5.41 Å². The van der Waals surface area contributed by atoms with Crippen LogP contribution in [0.15, 0.2) is 0 Å². The number of guanidine groups is 1. The van der Waals surface area contributed by atoms with E-state index < -0.39 is 0 Å². The van der Waals surface area contributed by atoms with E-state index in [0.29, 0.717) is 6.61 Å². The van der Waals surface area contributed by atoms with E-state index in [9.17, 15) is 4.79 Å². The Kier molecular flexibility index (Phi) is 12.9. The van der Waals surface area contributed by atoms with Gasteiger partial charge in [-0.15, -0.1) is 0 Å². The molecule has 0 aromatic carbocycles. The van der Waals surface area contributed by atoms with Gasteiger partial charge in [0, 0.05) is 7.05 Å². The summed E-state index contributed by atoms with van der Waals surface area (Å²) >= 11 is 0. The molecule has 0 spiro atoms. The van der Waals surface area contributed by atoms with Crippen LogP contribution in [0.3, 0.4) is 0 Å². The van der Waals surface area contributed by atoms with Crippen molar-refractivity contribution in [2.45, 2.75) is 71.1 Å². The van der Waals surface area contributed by atoms with E-state index in [-0.39, 0.29) is 18.5 Å². The molecular weight excluding hydrogens is 266 g/mol. The summed E-state index contributed by atoms with van der Waals surface area (Å²) in [5, 5.41) is 7.15. The van der Waals surface area contributed by atoms with Crippen molar-refractivity contribution in [2.75, 3.05) is 20.2 Å². The summed E-state index contributed by atoms with van der Waals surface area (Å²) in [6.45, 7) is 2.76. The molecule has 0 radical (unpaired) electrons. The Morgan fingerprint density at radius 1 is 1.00 bits per heavy atom. The number of carbonyl (C=O) groups excluding carboxylic acids is 1. The predicted molar refractivity (Wildman–Crippen MR) is 87.3 cm³/mol. The molecule has 0 aliphatic heterocycles. The van der Waals surface area contributed by atoms with Gasteiger partial charge in [-0.1, -0.05) is 64.7 Å². The van der Waals surface area contributed by atoms with E-state index >= 15 is 0 Å². The van der Waals surface area contributed by atoms with Crippen molar-refractivity contribution in [3.05, 3.63) is 0 Å². The second kappa shape index (κ2) is 13.7. The Hall–Kier alpha value is -1.26. The maximum Gasteiger partial charge on any atom is 0.325 e. The summed E-state index contributed by atoms with van der Waals surface area (Å²) in [4.78, 5) is 12.8. The Labute approximate surface area is 129 Å². The molecule has 0 atom stereocenters. The van der Waals surface area contributed by atoms with Crippen LogP contribution in [0.1, 0.15) is 71.1 Å². The summed E-state index contributed by atoms with van der Waals surface area (Å²) in [6, 6.07) is 0. The molecule has 0 aromatic heterocycles. The summed E-state index contributed by atoms with van der Waals surface area (Å²) in [5.74, 6) is -0.436. The highest BCUT2D eigenvalue weighted by Gasteiger charge is 2.08. The number of nitrogens with two attached hydrogens (primary N) is 1. The van der Waals surface area contributed by atoms with Gasteiger partial charge in [0.15, 0.2) is 5.96 Å². The van der Waals surface area contributed by atoms with Gasteiger partial charge in [0.05, 0.1) is 6.61 Å². The van der Waals surface area contributed by atoms with Crippen LogP contribution < -0.4 is 5.73 Å². The molecule has 0 aliphatic carbocycles. The van der Waals surface area contributed by atoms with Gasteiger partial charge in [0.2, 0.25) is 0 Å². The maximum absolute atomic E-state index is 11.4. The van der Waals surface area contributed by atoms with Crippen LogP contribution in [0.25, 0.3) is 0 Å². The van der Waals surface area contributed by atoms with Gasteiger partial charge in [-0.25, -0.2) is 0 Å². The third-order valence-electron chi connectivity index (χ3n) is 3.54. The minimum Gasteiger partial charge on any atom is -0.464 e. The number of carbonyl (C=O) groups is 1. The van der Waals surface area contributed by atoms with Crippen molar-refractivity contribution in [1.29, 1.82) is 5.41 Å². The van der Waals surface area contributed by atoms with Crippen molar-refractivity contribution >= 4 is 11.9 Å². The van der Waals surface area contributed by atoms with Crippen LogP contribution in [0.2, 0.25) is 0 Å². The first-order valence-corrected chi connectivity index (χ1v) is 8.28. The first-order chi connectivity index (χ1) is 10.1. The van der Waals surface area contributed by atoms with E-state index in [1.165, 1.54) is 56.3 Å². The molecule has 0 saturated heterocycles. The molecule has 0 rings (SSSR count). The number of ether oxygens (including phenoxy) is 1. The average Bonchev–Trinajstić information content (AvgIpc) is 2.44. The molecule has 0 unspecified atom stereocenters. The standard InChI is InChI=1S/C16H33N3O2/c1-3-4-5-6-7-8-9-10-11-12-13-21-15(20)14-19(2)16(17)18/h3-14H2,1-2H3,(H3,17,18). The number of hydrogen-bond donors (Lipinski definition) is 2. The van der Waals surface area contributed by atoms with E-state index in [4.69, 9.17) is 15.9 Å². The van der Waals surface area contributed by atoms with E-state index in [2.05, 4.69) is 6.92 Å². The summed E-state index contributed by atoms with van der Waals surface area (Å²) in [5.41, 5.74) is 5.25. The molecule has 0 heterocycles. The van der Waals surface area contributed by atoms with Crippen LogP contribution in [0.5, 0.6) is 0 Å². The molecule has 0 amide bonds. The van der Waals surface area contributed by atoms with E-state index in [1.807, 2.05) is 0 Å². The fourth-order valence-electron chi connectivity index (χ4n) is 2.10. The Bertz CT molecular complexity index is 283. The molecule has 5 heteroatoms. The zero-order valence-electron chi connectivity index (χ0n) is 13.8.